The number of para-hydroxylation sites is 1. The Balaban J connectivity index is 0.959. The molecule has 0 unspecified atom stereocenters. The van der Waals surface area contributed by atoms with E-state index in [1.165, 1.54) is 10.9 Å². The van der Waals surface area contributed by atoms with Gasteiger partial charge < -0.3 is 0 Å². The van der Waals surface area contributed by atoms with Crippen molar-refractivity contribution in [2.75, 3.05) is 0 Å². The number of aromatic nitrogens is 6. The molecule has 0 atom stereocenters. The fraction of sp³-hybridized carbons (Fsp3) is 0.0741. The molecule has 0 N–H and O–H groups in total. The first-order chi connectivity index (χ1) is 29.4. The molecule has 0 aliphatic rings. The first-order valence-corrected chi connectivity index (χ1v) is 20.3. The Morgan fingerprint density at radius 1 is 0.333 bits per heavy atom. The smallest absolute Gasteiger partial charge is 0.168 e. The summed E-state index contributed by atoms with van der Waals surface area (Å²) in [6.45, 7) is 6.69. The molecule has 0 radical (unpaired) electrons. The van der Waals surface area contributed by atoms with Gasteiger partial charge in [-0.05, 0) is 62.9 Å². The topological polar surface area (TPSA) is 61.4 Å². The zero-order chi connectivity index (χ0) is 40.6. The number of fused-ring (bicyclic) bond motifs is 1. The summed E-state index contributed by atoms with van der Waals surface area (Å²) >= 11 is 0. The molecular weight excluding hydrogens is 733 g/mol. The summed E-state index contributed by atoms with van der Waals surface area (Å²) in [4.78, 5) is 0. The van der Waals surface area contributed by atoms with Gasteiger partial charge in [0.2, 0.25) is 0 Å². The van der Waals surface area contributed by atoms with E-state index in [2.05, 4.69) is 206 Å². The Hall–Kier alpha value is -7.70. The maximum absolute atomic E-state index is 4.78. The van der Waals surface area contributed by atoms with E-state index in [1.54, 1.807) is 0 Å². The van der Waals surface area contributed by atoms with Gasteiger partial charge in [0.1, 0.15) is 0 Å². The molecule has 0 saturated heterocycles. The Kier molecular flexibility index (Phi) is 9.30. The van der Waals surface area contributed by atoms with Crippen LogP contribution in [0.3, 0.4) is 0 Å². The van der Waals surface area contributed by atoms with Gasteiger partial charge in [-0.1, -0.05) is 197 Å². The van der Waals surface area contributed by atoms with Crippen molar-refractivity contribution >= 4 is 10.8 Å². The molecule has 8 aromatic carbocycles. The molecule has 0 fully saturated rings. The molecule has 0 spiro atoms. The predicted molar refractivity (Wildman–Crippen MR) is 245 cm³/mol. The lowest BCUT2D eigenvalue weighted by atomic mass is 9.86. The summed E-state index contributed by atoms with van der Waals surface area (Å²) in [5, 5.41) is 21.3. The second-order valence-corrected chi connectivity index (χ2v) is 16.1. The Bertz CT molecular complexity index is 3080. The molecule has 288 valence electrons. The highest BCUT2D eigenvalue weighted by molar-refractivity contribution is 5.91. The molecule has 0 aliphatic heterocycles. The van der Waals surface area contributed by atoms with Crippen molar-refractivity contribution in [1.29, 1.82) is 0 Å². The highest BCUT2D eigenvalue weighted by Crippen LogP contribution is 2.35. The van der Waals surface area contributed by atoms with Gasteiger partial charge in [0.05, 0.1) is 5.69 Å². The van der Waals surface area contributed by atoms with E-state index in [1.807, 2.05) is 24.3 Å². The molecule has 0 aliphatic carbocycles. The molecular formula is C54H42N6. The van der Waals surface area contributed by atoms with Gasteiger partial charge in [0.25, 0.3) is 0 Å². The summed E-state index contributed by atoms with van der Waals surface area (Å²) in [6.07, 6.45) is 0. The van der Waals surface area contributed by atoms with Crippen molar-refractivity contribution in [3.8, 4) is 79.2 Å². The van der Waals surface area contributed by atoms with Crippen molar-refractivity contribution in [2.24, 2.45) is 0 Å². The SMILES string of the molecule is CC(C)(C)c1ccc(-c2nnc(-c3ccc(-c4cccc(-c5ccc(-c6nnc(-c7ccccc7)n6-c6cccc7ccccc67)cc5)c4)cc3)n2-c2ccccc2)cc1. The van der Waals surface area contributed by atoms with Crippen LogP contribution in [0.15, 0.2) is 200 Å². The molecule has 0 saturated carbocycles. The summed E-state index contributed by atoms with van der Waals surface area (Å²) in [7, 11) is 0. The van der Waals surface area contributed by atoms with Crippen LogP contribution in [0.25, 0.3) is 90.0 Å². The van der Waals surface area contributed by atoms with Crippen molar-refractivity contribution in [2.45, 2.75) is 26.2 Å². The van der Waals surface area contributed by atoms with Crippen LogP contribution < -0.4 is 0 Å². The predicted octanol–water partition coefficient (Wildman–Crippen LogP) is 13.3. The van der Waals surface area contributed by atoms with Crippen LogP contribution in [-0.2, 0) is 5.41 Å². The van der Waals surface area contributed by atoms with E-state index >= 15 is 0 Å². The van der Waals surface area contributed by atoms with Gasteiger partial charge in [0, 0.05) is 33.3 Å². The van der Waals surface area contributed by atoms with Crippen LogP contribution in [-0.4, -0.2) is 29.5 Å². The second-order valence-electron chi connectivity index (χ2n) is 16.1. The second kappa shape index (κ2) is 15.2. The first kappa shape index (κ1) is 36.6. The van der Waals surface area contributed by atoms with E-state index < -0.39 is 0 Å². The summed E-state index contributed by atoms with van der Waals surface area (Å²) < 4.78 is 4.34. The maximum Gasteiger partial charge on any atom is 0.168 e. The van der Waals surface area contributed by atoms with Crippen LogP contribution in [0.2, 0.25) is 0 Å². The molecule has 6 nitrogen and oxygen atoms in total. The quantitative estimate of drug-likeness (QED) is 0.154. The van der Waals surface area contributed by atoms with Crippen molar-refractivity contribution in [1.82, 2.24) is 29.5 Å². The molecule has 2 aromatic heterocycles. The van der Waals surface area contributed by atoms with E-state index in [-0.39, 0.29) is 5.41 Å². The fourth-order valence-corrected chi connectivity index (χ4v) is 7.98. The highest BCUT2D eigenvalue weighted by Gasteiger charge is 2.21. The molecule has 10 rings (SSSR count). The number of hydrogen-bond donors (Lipinski definition) is 0. The van der Waals surface area contributed by atoms with Crippen LogP contribution >= 0.6 is 0 Å². The Morgan fingerprint density at radius 2 is 0.733 bits per heavy atom. The van der Waals surface area contributed by atoms with Gasteiger partial charge >= 0.3 is 0 Å². The van der Waals surface area contributed by atoms with E-state index in [9.17, 15) is 0 Å². The zero-order valence-corrected chi connectivity index (χ0v) is 33.7. The van der Waals surface area contributed by atoms with Crippen LogP contribution in [0.5, 0.6) is 0 Å². The van der Waals surface area contributed by atoms with Gasteiger partial charge in [0.15, 0.2) is 23.3 Å². The lowest BCUT2D eigenvalue weighted by Gasteiger charge is -2.19. The number of rotatable bonds is 8. The molecule has 10 aromatic rings. The van der Waals surface area contributed by atoms with Crippen LogP contribution in [0, 0.1) is 0 Å². The summed E-state index contributed by atoms with van der Waals surface area (Å²) in [5.74, 6) is 3.20. The number of hydrogen-bond acceptors (Lipinski definition) is 4. The van der Waals surface area contributed by atoms with Gasteiger partial charge in [-0.3, -0.25) is 9.13 Å². The minimum atomic E-state index is 0.0681. The highest BCUT2D eigenvalue weighted by atomic mass is 15.3. The lowest BCUT2D eigenvalue weighted by molar-refractivity contribution is 0.590. The van der Waals surface area contributed by atoms with Gasteiger partial charge in [-0.2, -0.15) is 0 Å². The Labute approximate surface area is 350 Å². The van der Waals surface area contributed by atoms with Gasteiger partial charge in [-0.25, -0.2) is 0 Å². The van der Waals surface area contributed by atoms with Gasteiger partial charge in [-0.15, -0.1) is 20.4 Å². The van der Waals surface area contributed by atoms with Crippen LogP contribution in [0.4, 0.5) is 0 Å². The standard InChI is InChI=1S/C54H42N6/c1-54(2,3)46-34-32-43(33-35-46)51-56-55-50(59(51)47-20-8-5-9-21-47)41-28-24-37(25-29-41)44-18-12-19-45(36-44)38-26-30-42(31-27-38)53-58-57-52(40-15-6-4-7-16-40)60(53)49-23-13-17-39-14-10-11-22-48(39)49/h4-36H,1-3H3. The monoisotopic (exact) mass is 774 g/mol. The molecule has 2 heterocycles. The first-order valence-electron chi connectivity index (χ1n) is 20.3. The summed E-state index contributed by atoms with van der Waals surface area (Å²) in [5.41, 5.74) is 11.9. The fourth-order valence-electron chi connectivity index (χ4n) is 7.98. The van der Waals surface area contributed by atoms with E-state index in [4.69, 9.17) is 20.4 Å². The van der Waals surface area contributed by atoms with Crippen molar-refractivity contribution in [3.63, 3.8) is 0 Å². The molecule has 0 bridgehead atoms. The average Bonchev–Trinajstić information content (AvgIpc) is 3.96. The van der Waals surface area contributed by atoms with Crippen molar-refractivity contribution in [3.05, 3.63) is 206 Å². The third-order valence-corrected chi connectivity index (χ3v) is 11.2. The Morgan fingerprint density at radius 3 is 1.28 bits per heavy atom. The minimum absolute atomic E-state index is 0.0681. The third kappa shape index (κ3) is 6.88. The molecule has 0 amide bonds. The largest absolute Gasteiger partial charge is 0.275 e. The average molecular weight is 775 g/mol. The zero-order valence-electron chi connectivity index (χ0n) is 33.7. The normalized spacial score (nSPS) is 11.6. The lowest BCUT2D eigenvalue weighted by Crippen LogP contribution is -2.10. The number of nitrogens with zero attached hydrogens (tertiary/aromatic N) is 6. The minimum Gasteiger partial charge on any atom is -0.275 e. The van der Waals surface area contributed by atoms with E-state index in [0.717, 1.165) is 84.6 Å². The van der Waals surface area contributed by atoms with Crippen LogP contribution in [0.1, 0.15) is 26.3 Å². The van der Waals surface area contributed by atoms with E-state index in [0.29, 0.717) is 0 Å². The molecule has 60 heavy (non-hydrogen) atoms. The third-order valence-electron chi connectivity index (χ3n) is 11.2. The maximum atomic E-state index is 4.78. The van der Waals surface area contributed by atoms with Crippen molar-refractivity contribution < 1.29 is 0 Å². The molecule has 6 heteroatoms. The number of benzene rings is 8. The summed E-state index contributed by atoms with van der Waals surface area (Å²) in [6, 6.07) is 70.1.